The molecule has 1 aliphatic rings. The summed E-state index contributed by atoms with van der Waals surface area (Å²) < 4.78 is 0. The van der Waals surface area contributed by atoms with Gasteiger partial charge in [-0.25, -0.2) is 9.97 Å². The average Bonchev–Trinajstić information content (AvgIpc) is 3.27. The van der Waals surface area contributed by atoms with Gasteiger partial charge < -0.3 is 20.5 Å². The number of piperidine rings is 1. The van der Waals surface area contributed by atoms with Crippen molar-refractivity contribution in [1.29, 1.82) is 0 Å². The molecule has 3 heterocycles. The largest absolute Gasteiger partial charge is 0.376 e. The molecule has 3 N–H and O–H groups in total. The van der Waals surface area contributed by atoms with E-state index in [0.29, 0.717) is 0 Å². The molecule has 0 aliphatic carbocycles. The summed E-state index contributed by atoms with van der Waals surface area (Å²) in [5.74, 6) is 0.929. The minimum Gasteiger partial charge on any atom is -0.376 e. The number of fused-ring (bicyclic) bond motifs is 2. The van der Waals surface area contributed by atoms with E-state index in [9.17, 15) is 4.79 Å². The van der Waals surface area contributed by atoms with Gasteiger partial charge in [-0.3, -0.25) is 4.79 Å². The van der Waals surface area contributed by atoms with E-state index in [1.165, 1.54) is 0 Å². The van der Waals surface area contributed by atoms with Crippen LogP contribution >= 0.6 is 0 Å². The number of rotatable bonds is 5. The van der Waals surface area contributed by atoms with Crippen LogP contribution in [0.3, 0.4) is 0 Å². The maximum absolute atomic E-state index is 12.6. The minimum absolute atomic E-state index is 0.00395. The second-order valence-electron chi connectivity index (χ2n) is 7.67. The number of hydrogen-bond donors (Lipinski definition) is 3. The molecule has 0 saturated carbocycles. The zero-order valence-corrected chi connectivity index (χ0v) is 16.6. The lowest BCUT2D eigenvalue weighted by Crippen LogP contribution is -2.49. The zero-order valence-electron chi connectivity index (χ0n) is 16.6. The first-order valence-electron chi connectivity index (χ1n) is 10.3. The molecular weight excluding hydrogens is 376 g/mol. The first kappa shape index (κ1) is 18.4. The molecule has 2 aromatic carbocycles. The van der Waals surface area contributed by atoms with Crippen LogP contribution in [0.1, 0.15) is 12.8 Å². The van der Waals surface area contributed by atoms with Gasteiger partial charge in [0.1, 0.15) is 17.8 Å². The van der Waals surface area contributed by atoms with Crippen molar-refractivity contribution in [2.24, 2.45) is 0 Å². The SMILES string of the molecule is O=C(CNc1cccc2ccccc12)N[C@@H]1CCCN(c2ncnc3[nH]ccc23)C1. The number of benzene rings is 2. The summed E-state index contributed by atoms with van der Waals surface area (Å²) >= 11 is 0. The van der Waals surface area contributed by atoms with Gasteiger partial charge in [0.15, 0.2) is 0 Å². The molecule has 2 aromatic heterocycles. The Kier molecular flexibility index (Phi) is 4.93. The number of H-pyrrole nitrogens is 1. The molecule has 1 aliphatic heterocycles. The molecular formula is C23H24N6O. The maximum Gasteiger partial charge on any atom is 0.239 e. The van der Waals surface area contributed by atoms with Crippen molar-refractivity contribution in [3.63, 3.8) is 0 Å². The molecule has 0 spiro atoms. The average molecular weight is 400 g/mol. The lowest BCUT2D eigenvalue weighted by atomic mass is 10.1. The molecule has 0 radical (unpaired) electrons. The van der Waals surface area contributed by atoms with E-state index < -0.39 is 0 Å². The van der Waals surface area contributed by atoms with Crippen LogP contribution in [0.4, 0.5) is 11.5 Å². The van der Waals surface area contributed by atoms with Crippen molar-refractivity contribution in [1.82, 2.24) is 20.3 Å². The first-order chi connectivity index (χ1) is 14.8. The maximum atomic E-state index is 12.6. The topological polar surface area (TPSA) is 85.9 Å². The number of carbonyl (C=O) groups is 1. The van der Waals surface area contributed by atoms with Gasteiger partial charge in [-0.05, 0) is 30.4 Å². The Hall–Kier alpha value is -3.61. The van der Waals surface area contributed by atoms with Crippen LogP contribution < -0.4 is 15.5 Å². The Morgan fingerprint density at radius 2 is 2.00 bits per heavy atom. The van der Waals surface area contributed by atoms with Gasteiger partial charge in [0.2, 0.25) is 5.91 Å². The molecule has 1 amide bonds. The third-order valence-corrected chi connectivity index (χ3v) is 5.65. The lowest BCUT2D eigenvalue weighted by Gasteiger charge is -2.34. The molecule has 1 fully saturated rings. The molecule has 7 nitrogen and oxygen atoms in total. The number of amides is 1. The van der Waals surface area contributed by atoms with Crippen molar-refractivity contribution in [3.05, 3.63) is 61.1 Å². The molecule has 7 heteroatoms. The van der Waals surface area contributed by atoms with Crippen molar-refractivity contribution in [2.75, 3.05) is 29.9 Å². The summed E-state index contributed by atoms with van der Waals surface area (Å²) in [4.78, 5) is 26.7. The quantitative estimate of drug-likeness (QED) is 0.479. The van der Waals surface area contributed by atoms with Crippen molar-refractivity contribution in [2.45, 2.75) is 18.9 Å². The Labute approximate surface area is 174 Å². The number of aromatic amines is 1. The summed E-state index contributed by atoms with van der Waals surface area (Å²) in [6.45, 7) is 1.93. The Morgan fingerprint density at radius 3 is 2.97 bits per heavy atom. The molecule has 4 aromatic rings. The standard InChI is InChI=1S/C23H24N6O/c30-21(13-25-20-9-3-6-16-5-1-2-8-18(16)20)28-17-7-4-12-29(14-17)23-19-10-11-24-22(19)26-15-27-23/h1-3,5-6,8-11,15,17,25H,4,7,12-14H2,(H,28,30)(H,24,26,27)/t17-/m1/s1. The minimum atomic E-state index is 0.00395. The molecule has 152 valence electrons. The summed E-state index contributed by atoms with van der Waals surface area (Å²) in [6, 6.07) is 16.4. The smallest absolute Gasteiger partial charge is 0.239 e. The van der Waals surface area contributed by atoms with Gasteiger partial charge in [0, 0.05) is 36.4 Å². The Balaban J connectivity index is 1.22. The van der Waals surface area contributed by atoms with Gasteiger partial charge in [-0.15, -0.1) is 0 Å². The van der Waals surface area contributed by atoms with E-state index in [4.69, 9.17) is 0 Å². The van der Waals surface area contributed by atoms with Crippen LogP contribution in [0, 0.1) is 0 Å². The molecule has 1 atom stereocenters. The van der Waals surface area contributed by atoms with E-state index >= 15 is 0 Å². The fourth-order valence-corrected chi connectivity index (χ4v) is 4.23. The van der Waals surface area contributed by atoms with Gasteiger partial charge in [-0.1, -0.05) is 36.4 Å². The number of hydrogen-bond acceptors (Lipinski definition) is 5. The monoisotopic (exact) mass is 400 g/mol. The van der Waals surface area contributed by atoms with Crippen molar-refractivity contribution < 1.29 is 4.79 Å². The normalized spacial score (nSPS) is 16.7. The highest BCUT2D eigenvalue weighted by atomic mass is 16.2. The summed E-state index contributed by atoms with van der Waals surface area (Å²) in [5.41, 5.74) is 1.81. The summed E-state index contributed by atoms with van der Waals surface area (Å²) in [6.07, 6.45) is 5.45. The van der Waals surface area contributed by atoms with E-state index in [1.54, 1.807) is 6.33 Å². The molecule has 30 heavy (non-hydrogen) atoms. The number of nitrogens with zero attached hydrogens (tertiary/aromatic N) is 3. The lowest BCUT2D eigenvalue weighted by molar-refractivity contribution is -0.120. The van der Waals surface area contributed by atoms with Crippen LogP contribution in [0.2, 0.25) is 0 Å². The van der Waals surface area contributed by atoms with Crippen LogP contribution in [-0.4, -0.2) is 46.5 Å². The summed E-state index contributed by atoms with van der Waals surface area (Å²) in [5, 5.41) is 9.77. The molecule has 1 saturated heterocycles. The van der Waals surface area contributed by atoms with E-state index in [1.807, 2.05) is 36.5 Å². The Morgan fingerprint density at radius 1 is 1.10 bits per heavy atom. The first-order valence-corrected chi connectivity index (χ1v) is 10.3. The van der Waals surface area contributed by atoms with Crippen molar-refractivity contribution in [3.8, 4) is 0 Å². The number of aromatic nitrogens is 3. The van der Waals surface area contributed by atoms with E-state index in [0.717, 1.165) is 59.2 Å². The van der Waals surface area contributed by atoms with Crippen LogP contribution in [0.25, 0.3) is 21.8 Å². The van der Waals surface area contributed by atoms with E-state index in [-0.39, 0.29) is 18.5 Å². The van der Waals surface area contributed by atoms with Crippen LogP contribution in [0.15, 0.2) is 61.1 Å². The van der Waals surface area contributed by atoms with Gasteiger partial charge in [0.25, 0.3) is 0 Å². The predicted molar refractivity (Wildman–Crippen MR) is 120 cm³/mol. The van der Waals surface area contributed by atoms with Crippen LogP contribution in [0.5, 0.6) is 0 Å². The van der Waals surface area contributed by atoms with Gasteiger partial charge in [-0.2, -0.15) is 0 Å². The Bertz CT molecular complexity index is 1180. The predicted octanol–water partition coefficient (Wildman–Crippen LogP) is 3.31. The number of anilines is 2. The molecule has 5 rings (SSSR count). The number of nitrogens with one attached hydrogen (secondary N) is 3. The highest BCUT2D eigenvalue weighted by Crippen LogP contribution is 2.25. The van der Waals surface area contributed by atoms with Gasteiger partial charge >= 0.3 is 0 Å². The highest BCUT2D eigenvalue weighted by molar-refractivity contribution is 5.95. The van der Waals surface area contributed by atoms with E-state index in [2.05, 4.69) is 48.7 Å². The van der Waals surface area contributed by atoms with Crippen LogP contribution in [-0.2, 0) is 4.79 Å². The molecule has 0 bridgehead atoms. The van der Waals surface area contributed by atoms with Crippen molar-refractivity contribution >= 4 is 39.2 Å². The fourth-order valence-electron chi connectivity index (χ4n) is 4.23. The third kappa shape index (κ3) is 3.66. The molecule has 0 unspecified atom stereocenters. The van der Waals surface area contributed by atoms with Gasteiger partial charge in [0.05, 0.1) is 11.9 Å². The second-order valence-corrected chi connectivity index (χ2v) is 7.67. The fraction of sp³-hybridized carbons (Fsp3) is 0.261. The third-order valence-electron chi connectivity index (χ3n) is 5.65. The highest BCUT2D eigenvalue weighted by Gasteiger charge is 2.23. The number of carbonyl (C=O) groups excluding carboxylic acids is 1. The second kappa shape index (κ2) is 8.02. The summed E-state index contributed by atoms with van der Waals surface area (Å²) in [7, 11) is 0. The zero-order chi connectivity index (χ0) is 20.3.